The minimum absolute atomic E-state index is 0.0305. The van der Waals surface area contributed by atoms with Crippen molar-refractivity contribution in [1.82, 2.24) is 9.97 Å². The zero-order chi connectivity index (χ0) is 15.3. The molecule has 0 aliphatic carbocycles. The minimum atomic E-state index is -0.0905. The monoisotopic (exact) mass is 391 g/mol. The Hall–Kier alpha value is -0.430. The molecule has 0 radical (unpaired) electrons. The Bertz CT molecular complexity index is 443. The summed E-state index contributed by atoms with van der Waals surface area (Å²) in [5.41, 5.74) is 1.05. The molecule has 0 aliphatic heterocycles. The van der Waals surface area contributed by atoms with Gasteiger partial charge in [0.2, 0.25) is 0 Å². The molecule has 0 saturated carbocycles. The standard InChI is InChI=1S/C15H26IN3O/c1-7-10-11(16)13(17-8-2)19-14(18-10)12(20-9-3)15(4,5)6/h12H,7-9H2,1-6H3,(H,17,18,19). The second-order valence-electron chi connectivity index (χ2n) is 5.78. The van der Waals surface area contributed by atoms with Crippen LogP contribution in [0.2, 0.25) is 0 Å². The lowest BCUT2D eigenvalue weighted by atomic mass is 9.88. The van der Waals surface area contributed by atoms with Crippen LogP contribution in [0.1, 0.15) is 59.2 Å². The minimum Gasteiger partial charge on any atom is -0.370 e. The Labute approximate surface area is 136 Å². The zero-order valence-corrected chi connectivity index (χ0v) is 15.5. The second kappa shape index (κ2) is 7.54. The first-order valence-electron chi connectivity index (χ1n) is 7.26. The number of halogens is 1. The summed E-state index contributed by atoms with van der Waals surface area (Å²) in [6, 6.07) is 0. The van der Waals surface area contributed by atoms with Gasteiger partial charge in [-0.25, -0.2) is 9.97 Å². The number of hydrogen-bond donors (Lipinski definition) is 1. The molecule has 1 aromatic heterocycles. The van der Waals surface area contributed by atoms with Gasteiger partial charge in [-0.2, -0.15) is 0 Å². The normalized spacial score (nSPS) is 13.3. The van der Waals surface area contributed by atoms with Gasteiger partial charge < -0.3 is 10.1 Å². The van der Waals surface area contributed by atoms with Gasteiger partial charge in [0.15, 0.2) is 5.82 Å². The van der Waals surface area contributed by atoms with Crippen LogP contribution in [0.15, 0.2) is 0 Å². The van der Waals surface area contributed by atoms with E-state index in [4.69, 9.17) is 14.7 Å². The number of anilines is 1. The number of hydrogen-bond acceptors (Lipinski definition) is 4. The molecule has 1 atom stereocenters. The van der Waals surface area contributed by atoms with Gasteiger partial charge in [0.05, 0.1) is 9.26 Å². The summed E-state index contributed by atoms with van der Waals surface area (Å²) in [6.07, 6.45) is 0.807. The van der Waals surface area contributed by atoms with Crippen molar-refractivity contribution < 1.29 is 4.74 Å². The first-order valence-corrected chi connectivity index (χ1v) is 8.34. The molecule has 0 spiro atoms. The molecule has 0 fully saturated rings. The second-order valence-corrected chi connectivity index (χ2v) is 6.86. The van der Waals surface area contributed by atoms with Gasteiger partial charge in [-0.05, 0) is 48.3 Å². The van der Waals surface area contributed by atoms with Crippen molar-refractivity contribution in [1.29, 1.82) is 0 Å². The summed E-state index contributed by atoms with van der Waals surface area (Å²) in [6.45, 7) is 14.2. The van der Waals surface area contributed by atoms with Crippen LogP contribution in [0.5, 0.6) is 0 Å². The van der Waals surface area contributed by atoms with Crippen LogP contribution in [0.25, 0.3) is 0 Å². The number of nitrogens with zero attached hydrogens (tertiary/aromatic N) is 2. The summed E-state index contributed by atoms with van der Waals surface area (Å²) >= 11 is 2.32. The Kier molecular flexibility index (Phi) is 6.64. The molecule has 0 aromatic carbocycles. The number of rotatable bonds is 6. The van der Waals surface area contributed by atoms with Crippen molar-refractivity contribution in [3.8, 4) is 0 Å². The van der Waals surface area contributed by atoms with Crippen LogP contribution in [0, 0.1) is 8.99 Å². The first-order chi connectivity index (χ1) is 9.35. The third kappa shape index (κ3) is 4.28. The quantitative estimate of drug-likeness (QED) is 0.739. The van der Waals surface area contributed by atoms with Crippen molar-refractivity contribution in [3.05, 3.63) is 15.1 Å². The molecule has 0 saturated heterocycles. The average Bonchev–Trinajstić information content (AvgIpc) is 2.37. The zero-order valence-electron chi connectivity index (χ0n) is 13.4. The van der Waals surface area contributed by atoms with E-state index in [9.17, 15) is 0 Å². The summed E-state index contributed by atoms with van der Waals surface area (Å²) < 4.78 is 7.02. The highest BCUT2D eigenvalue weighted by molar-refractivity contribution is 14.1. The molecule has 0 bridgehead atoms. The predicted octanol–water partition coefficient (Wildman–Crippen LogP) is 4.20. The van der Waals surface area contributed by atoms with Crippen LogP contribution in [-0.2, 0) is 11.2 Å². The SMILES string of the molecule is CCNc1nc(C(OCC)C(C)(C)C)nc(CC)c1I. The summed E-state index contributed by atoms with van der Waals surface area (Å²) in [5.74, 6) is 1.71. The highest BCUT2D eigenvalue weighted by Gasteiger charge is 2.30. The molecular weight excluding hydrogens is 365 g/mol. The fourth-order valence-corrected chi connectivity index (χ4v) is 2.84. The van der Waals surface area contributed by atoms with Crippen molar-refractivity contribution in [3.63, 3.8) is 0 Å². The molecule has 1 rings (SSSR count). The Morgan fingerprint density at radius 2 is 1.85 bits per heavy atom. The van der Waals surface area contributed by atoms with E-state index in [0.717, 1.165) is 33.9 Å². The van der Waals surface area contributed by atoms with Gasteiger partial charge in [-0.3, -0.25) is 0 Å². The van der Waals surface area contributed by atoms with E-state index in [1.54, 1.807) is 0 Å². The molecule has 20 heavy (non-hydrogen) atoms. The molecule has 0 aliphatic rings. The van der Waals surface area contributed by atoms with Gasteiger partial charge in [-0.15, -0.1) is 0 Å². The Balaban J connectivity index is 3.31. The van der Waals surface area contributed by atoms with Crippen molar-refractivity contribution in [2.24, 2.45) is 5.41 Å². The van der Waals surface area contributed by atoms with Crippen LogP contribution in [0.3, 0.4) is 0 Å². The largest absolute Gasteiger partial charge is 0.370 e. The summed E-state index contributed by atoms with van der Waals surface area (Å²) in [7, 11) is 0. The van der Waals surface area contributed by atoms with Crippen molar-refractivity contribution >= 4 is 28.4 Å². The molecule has 1 unspecified atom stereocenters. The molecule has 1 heterocycles. The lowest BCUT2D eigenvalue weighted by Crippen LogP contribution is -2.25. The highest BCUT2D eigenvalue weighted by Crippen LogP contribution is 2.35. The highest BCUT2D eigenvalue weighted by atomic mass is 127. The van der Waals surface area contributed by atoms with Crippen LogP contribution >= 0.6 is 22.6 Å². The maximum absolute atomic E-state index is 5.91. The molecule has 5 heteroatoms. The van der Waals surface area contributed by atoms with Crippen LogP contribution in [-0.4, -0.2) is 23.1 Å². The molecule has 1 aromatic rings. The fraction of sp³-hybridized carbons (Fsp3) is 0.733. The van der Waals surface area contributed by atoms with E-state index in [1.807, 2.05) is 6.92 Å². The van der Waals surface area contributed by atoms with Gasteiger partial charge >= 0.3 is 0 Å². The maximum Gasteiger partial charge on any atom is 0.160 e. The van der Waals surface area contributed by atoms with Gasteiger partial charge in [0, 0.05) is 13.2 Å². The van der Waals surface area contributed by atoms with E-state index < -0.39 is 0 Å². The molecular formula is C15H26IN3O. The first kappa shape index (κ1) is 17.6. The van der Waals surface area contributed by atoms with E-state index in [1.165, 1.54) is 0 Å². The lowest BCUT2D eigenvalue weighted by molar-refractivity contribution is -0.0191. The van der Waals surface area contributed by atoms with Crippen LogP contribution in [0.4, 0.5) is 5.82 Å². The third-order valence-electron chi connectivity index (χ3n) is 2.97. The fourth-order valence-electron chi connectivity index (χ4n) is 2.03. The number of aryl methyl sites for hydroxylation is 1. The van der Waals surface area contributed by atoms with E-state index >= 15 is 0 Å². The molecule has 114 valence electrons. The van der Waals surface area contributed by atoms with Crippen LogP contribution < -0.4 is 5.32 Å². The van der Waals surface area contributed by atoms with Crippen molar-refractivity contribution in [2.45, 2.75) is 54.1 Å². The van der Waals surface area contributed by atoms with Crippen molar-refractivity contribution in [2.75, 3.05) is 18.5 Å². The van der Waals surface area contributed by atoms with Gasteiger partial charge in [0.1, 0.15) is 11.9 Å². The average molecular weight is 391 g/mol. The van der Waals surface area contributed by atoms with E-state index in [0.29, 0.717) is 6.61 Å². The predicted molar refractivity (Wildman–Crippen MR) is 92.1 cm³/mol. The van der Waals surface area contributed by atoms with Gasteiger partial charge in [-0.1, -0.05) is 27.7 Å². The molecule has 0 amide bonds. The summed E-state index contributed by atoms with van der Waals surface area (Å²) in [5, 5.41) is 3.33. The molecule has 4 nitrogen and oxygen atoms in total. The smallest absolute Gasteiger partial charge is 0.160 e. The van der Waals surface area contributed by atoms with E-state index in [-0.39, 0.29) is 11.5 Å². The summed E-state index contributed by atoms with van der Waals surface area (Å²) in [4.78, 5) is 9.44. The topological polar surface area (TPSA) is 47.0 Å². The maximum atomic E-state index is 5.91. The van der Waals surface area contributed by atoms with Gasteiger partial charge in [0.25, 0.3) is 0 Å². The Morgan fingerprint density at radius 3 is 2.30 bits per heavy atom. The number of aromatic nitrogens is 2. The number of ether oxygens (including phenoxy) is 1. The Morgan fingerprint density at radius 1 is 1.20 bits per heavy atom. The lowest BCUT2D eigenvalue weighted by Gasteiger charge is -2.29. The third-order valence-corrected chi connectivity index (χ3v) is 4.10. The van der Waals surface area contributed by atoms with E-state index in [2.05, 4.69) is 62.5 Å². The molecule has 1 N–H and O–H groups in total. The number of nitrogens with one attached hydrogen (secondary N) is 1.